The molecular formula is C15H24F2N2O2. The van der Waals surface area contributed by atoms with E-state index in [4.69, 9.17) is 5.11 Å². The molecule has 4 rings (SSSR count). The van der Waals surface area contributed by atoms with Crippen LogP contribution >= 0.6 is 0 Å². The van der Waals surface area contributed by atoms with Crippen molar-refractivity contribution >= 4 is 6.03 Å². The van der Waals surface area contributed by atoms with Crippen molar-refractivity contribution in [1.82, 2.24) is 10.2 Å². The van der Waals surface area contributed by atoms with E-state index in [1.165, 1.54) is 19.3 Å². The second-order valence-electron chi connectivity index (χ2n) is 7.19. The molecule has 4 saturated carbocycles. The molecule has 0 unspecified atom stereocenters. The minimum absolute atomic E-state index is 0.0391. The topological polar surface area (TPSA) is 52.6 Å². The van der Waals surface area contributed by atoms with Crippen molar-refractivity contribution in [2.24, 2.45) is 17.8 Å². The number of halogens is 2. The first-order chi connectivity index (χ1) is 9.99. The highest BCUT2D eigenvalue weighted by Crippen LogP contribution is 2.55. The fraction of sp³-hybridized carbons (Fsp3) is 0.933. The normalized spacial score (nSPS) is 37.0. The van der Waals surface area contributed by atoms with Crippen LogP contribution in [0.25, 0.3) is 0 Å². The zero-order valence-corrected chi connectivity index (χ0v) is 12.2. The fourth-order valence-corrected chi connectivity index (χ4v) is 5.13. The molecule has 4 aliphatic rings. The van der Waals surface area contributed by atoms with Gasteiger partial charge in [0.05, 0.1) is 13.2 Å². The minimum atomic E-state index is -2.57. The highest BCUT2D eigenvalue weighted by Gasteiger charge is 2.51. The molecule has 6 heteroatoms. The van der Waals surface area contributed by atoms with Crippen LogP contribution in [0.4, 0.5) is 13.6 Å². The third kappa shape index (κ3) is 3.15. The van der Waals surface area contributed by atoms with Crippen molar-refractivity contribution in [3.8, 4) is 0 Å². The van der Waals surface area contributed by atoms with Crippen molar-refractivity contribution in [2.45, 2.75) is 50.5 Å². The smallest absolute Gasteiger partial charge is 0.318 e. The summed E-state index contributed by atoms with van der Waals surface area (Å²) in [5, 5.41) is 12.0. The van der Waals surface area contributed by atoms with Gasteiger partial charge < -0.3 is 15.3 Å². The van der Waals surface area contributed by atoms with Crippen molar-refractivity contribution in [3.63, 3.8) is 0 Å². The van der Waals surface area contributed by atoms with E-state index in [9.17, 15) is 13.6 Å². The molecule has 21 heavy (non-hydrogen) atoms. The van der Waals surface area contributed by atoms with Crippen LogP contribution in [-0.4, -0.2) is 47.7 Å². The van der Waals surface area contributed by atoms with Gasteiger partial charge in [0.1, 0.15) is 0 Å². The number of carbonyl (C=O) groups is 1. The maximum absolute atomic E-state index is 12.6. The number of carbonyl (C=O) groups excluding carboxylic acids is 1. The largest absolute Gasteiger partial charge is 0.395 e. The first kappa shape index (κ1) is 15.0. The third-order valence-corrected chi connectivity index (χ3v) is 5.43. The summed E-state index contributed by atoms with van der Waals surface area (Å²) in [4.78, 5) is 13.4. The Morgan fingerprint density at radius 1 is 1.19 bits per heavy atom. The lowest BCUT2D eigenvalue weighted by Gasteiger charge is -2.57. The molecule has 0 saturated heterocycles. The highest BCUT2D eigenvalue weighted by molar-refractivity contribution is 5.75. The lowest BCUT2D eigenvalue weighted by Crippen LogP contribution is -2.62. The highest BCUT2D eigenvalue weighted by atomic mass is 19.3. The molecule has 0 spiro atoms. The molecular weight excluding hydrogens is 278 g/mol. The van der Waals surface area contributed by atoms with E-state index in [-0.39, 0.29) is 18.7 Å². The number of alkyl halides is 2. The maximum atomic E-state index is 12.6. The second kappa shape index (κ2) is 5.71. The van der Waals surface area contributed by atoms with Crippen LogP contribution in [0.2, 0.25) is 0 Å². The van der Waals surface area contributed by atoms with E-state index in [0.717, 1.165) is 24.2 Å². The molecule has 0 aromatic rings. The van der Waals surface area contributed by atoms with Crippen LogP contribution < -0.4 is 5.32 Å². The number of amides is 2. The van der Waals surface area contributed by atoms with Gasteiger partial charge in [0, 0.05) is 12.1 Å². The minimum Gasteiger partial charge on any atom is -0.395 e. The van der Waals surface area contributed by atoms with Gasteiger partial charge in [-0.3, -0.25) is 0 Å². The number of aliphatic hydroxyl groups is 1. The lowest BCUT2D eigenvalue weighted by molar-refractivity contribution is -0.0171. The molecule has 2 amide bonds. The van der Waals surface area contributed by atoms with Crippen LogP contribution in [0.15, 0.2) is 0 Å². The zero-order chi connectivity index (χ0) is 15.0. The number of rotatable bonds is 5. The van der Waals surface area contributed by atoms with Crippen molar-refractivity contribution in [3.05, 3.63) is 0 Å². The Morgan fingerprint density at radius 3 is 2.14 bits per heavy atom. The predicted molar refractivity (Wildman–Crippen MR) is 74.1 cm³/mol. The SMILES string of the molecule is O=C(NC12CC3CC(CC(C3)C1)C2)N(CCO)CC(F)F. The molecule has 0 atom stereocenters. The van der Waals surface area contributed by atoms with E-state index >= 15 is 0 Å². The molecule has 2 N–H and O–H groups in total. The molecule has 0 aromatic heterocycles. The molecule has 0 aliphatic heterocycles. The van der Waals surface area contributed by atoms with E-state index < -0.39 is 19.0 Å². The average molecular weight is 302 g/mol. The second-order valence-corrected chi connectivity index (χ2v) is 7.19. The number of nitrogens with zero attached hydrogens (tertiary/aromatic N) is 1. The summed E-state index contributed by atoms with van der Waals surface area (Å²) < 4.78 is 25.1. The van der Waals surface area contributed by atoms with Crippen LogP contribution in [0, 0.1) is 17.8 Å². The Kier molecular flexibility index (Phi) is 4.08. The average Bonchev–Trinajstić information content (AvgIpc) is 2.35. The van der Waals surface area contributed by atoms with Gasteiger partial charge in [-0.05, 0) is 56.3 Å². The van der Waals surface area contributed by atoms with Crippen LogP contribution in [-0.2, 0) is 0 Å². The molecule has 4 bridgehead atoms. The van der Waals surface area contributed by atoms with Gasteiger partial charge in [0.25, 0.3) is 6.43 Å². The summed E-state index contributed by atoms with van der Waals surface area (Å²) in [6.07, 6.45) is 4.22. The third-order valence-electron chi connectivity index (χ3n) is 5.43. The molecule has 4 aliphatic carbocycles. The van der Waals surface area contributed by atoms with Gasteiger partial charge >= 0.3 is 6.03 Å². The summed E-state index contributed by atoms with van der Waals surface area (Å²) in [6.45, 7) is -0.942. The summed E-state index contributed by atoms with van der Waals surface area (Å²) in [7, 11) is 0. The monoisotopic (exact) mass is 302 g/mol. The Morgan fingerprint density at radius 2 is 1.71 bits per heavy atom. The van der Waals surface area contributed by atoms with E-state index in [1.54, 1.807) is 0 Å². The number of hydrogen-bond donors (Lipinski definition) is 2. The molecule has 0 heterocycles. The van der Waals surface area contributed by atoms with Crippen molar-refractivity contribution < 1.29 is 18.7 Å². The number of nitrogens with one attached hydrogen (secondary N) is 1. The molecule has 4 nitrogen and oxygen atoms in total. The predicted octanol–water partition coefficient (Wildman–Crippen LogP) is 2.22. The van der Waals surface area contributed by atoms with E-state index in [2.05, 4.69) is 5.32 Å². The van der Waals surface area contributed by atoms with Crippen molar-refractivity contribution in [2.75, 3.05) is 19.7 Å². The van der Waals surface area contributed by atoms with Gasteiger partial charge in [-0.1, -0.05) is 0 Å². The number of hydrogen-bond acceptors (Lipinski definition) is 2. The first-order valence-electron chi connectivity index (χ1n) is 7.96. The summed E-state index contributed by atoms with van der Waals surface area (Å²) >= 11 is 0. The number of aliphatic hydroxyl groups excluding tert-OH is 1. The first-order valence-corrected chi connectivity index (χ1v) is 7.96. The molecule has 4 fully saturated rings. The quantitative estimate of drug-likeness (QED) is 0.818. The van der Waals surface area contributed by atoms with E-state index in [0.29, 0.717) is 17.8 Å². The zero-order valence-electron chi connectivity index (χ0n) is 12.2. The fourth-order valence-electron chi connectivity index (χ4n) is 5.13. The number of urea groups is 1. The Labute approximate surface area is 123 Å². The Balaban J connectivity index is 1.65. The van der Waals surface area contributed by atoms with E-state index in [1.807, 2.05) is 0 Å². The molecule has 120 valence electrons. The maximum Gasteiger partial charge on any atom is 0.318 e. The Hall–Kier alpha value is -0.910. The summed E-state index contributed by atoms with van der Waals surface area (Å²) in [5.41, 5.74) is -0.179. The van der Waals surface area contributed by atoms with Gasteiger partial charge in [0.2, 0.25) is 0 Å². The lowest BCUT2D eigenvalue weighted by atomic mass is 9.53. The van der Waals surface area contributed by atoms with Gasteiger partial charge in [-0.25, -0.2) is 13.6 Å². The summed E-state index contributed by atoms with van der Waals surface area (Å²) in [5.74, 6) is 2.08. The Bertz CT molecular complexity index is 368. The van der Waals surface area contributed by atoms with Crippen LogP contribution in [0.5, 0.6) is 0 Å². The van der Waals surface area contributed by atoms with Crippen molar-refractivity contribution in [1.29, 1.82) is 0 Å². The standard InChI is InChI=1S/C15H24F2N2O2/c16-13(17)9-19(1-2-20)14(21)18-15-6-10-3-11(7-15)5-12(4-10)8-15/h10-13,20H,1-9H2,(H,18,21). The van der Waals surface area contributed by atoms with Crippen LogP contribution in [0.3, 0.4) is 0 Å². The molecule has 0 radical (unpaired) electrons. The summed E-state index contributed by atoms with van der Waals surface area (Å²) in [6, 6.07) is -0.439. The van der Waals surface area contributed by atoms with Gasteiger partial charge in [0.15, 0.2) is 0 Å². The van der Waals surface area contributed by atoms with Gasteiger partial charge in [-0.15, -0.1) is 0 Å². The molecule has 0 aromatic carbocycles. The van der Waals surface area contributed by atoms with Gasteiger partial charge in [-0.2, -0.15) is 0 Å². The van der Waals surface area contributed by atoms with Crippen LogP contribution in [0.1, 0.15) is 38.5 Å².